The molecule has 1 heterocycles. The zero-order chi connectivity index (χ0) is 10.1. The maximum atomic E-state index is 12.6. The van der Waals surface area contributed by atoms with Crippen molar-refractivity contribution in [3.05, 3.63) is 0 Å². The number of carboxylic acids is 1. The Morgan fingerprint density at radius 3 is 2.62 bits per heavy atom. The number of aliphatic carboxylic acids is 1. The van der Waals surface area contributed by atoms with Crippen molar-refractivity contribution in [3.63, 3.8) is 0 Å². The van der Waals surface area contributed by atoms with Gasteiger partial charge < -0.3 is 5.11 Å². The van der Waals surface area contributed by atoms with Gasteiger partial charge in [-0.15, -0.1) is 0 Å². The summed E-state index contributed by atoms with van der Waals surface area (Å²) in [6, 6.07) is 0. The number of hydrogen-bond donors (Lipinski definition) is 1. The molecule has 0 aromatic carbocycles. The van der Waals surface area contributed by atoms with Crippen molar-refractivity contribution in [1.82, 2.24) is 0 Å². The quantitative estimate of drug-likeness (QED) is 0.724. The highest BCUT2D eigenvalue weighted by molar-refractivity contribution is 7.91. The lowest BCUT2D eigenvalue weighted by Gasteiger charge is -2.07. The average molecular weight is 210 g/mol. The molecule has 13 heavy (non-hydrogen) atoms. The number of rotatable bonds is 3. The number of carbonyl (C=O) groups is 1. The first-order chi connectivity index (χ1) is 5.91. The third-order valence-electron chi connectivity index (χ3n) is 2.13. The molecular weight excluding hydrogens is 199 g/mol. The van der Waals surface area contributed by atoms with Crippen molar-refractivity contribution in [2.75, 3.05) is 11.5 Å². The van der Waals surface area contributed by atoms with Crippen LogP contribution in [0.25, 0.3) is 0 Å². The molecule has 0 aliphatic carbocycles. The number of sulfone groups is 1. The van der Waals surface area contributed by atoms with Crippen LogP contribution in [0.2, 0.25) is 0 Å². The van der Waals surface area contributed by atoms with E-state index >= 15 is 0 Å². The fraction of sp³-hybridized carbons (Fsp3) is 0.857. The predicted molar refractivity (Wildman–Crippen MR) is 43.9 cm³/mol. The van der Waals surface area contributed by atoms with E-state index in [9.17, 15) is 17.6 Å². The average Bonchev–Trinajstić information content (AvgIpc) is 2.30. The number of hydrogen-bond acceptors (Lipinski definition) is 3. The van der Waals surface area contributed by atoms with E-state index in [1.54, 1.807) is 0 Å². The van der Waals surface area contributed by atoms with Gasteiger partial charge in [-0.3, -0.25) is 0 Å². The maximum Gasteiger partial charge on any atom is 0.338 e. The highest BCUT2D eigenvalue weighted by Gasteiger charge is 2.31. The molecule has 0 amide bonds. The predicted octanol–water partition coefficient (Wildman–Crippen LogP) is 0.234. The molecule has 4 nitrogen and oxygen atoms in total. The molecule has 0 radical (unpaired) electrons. The second kappa shape index (κ2) is 3.61. The highest BCUT2D eigenvalue weighted by atomic mass is 32.2. The summed E-state index contributed by atoms with van der Waals surface area (Å²) >= 11 is 0. The lowest BCUT2D eigenvalue weighted by Crippen LogP contribution is -2.19. The first-order valence-electron chi connectivity index (χ1n) is 3.98. The molecule has 1 aliphatic rings. The van der Waals surface area contributed by atoms with Crippen molar-refractivity contribution >= 4 is 15.8 Å². The standard InChI is InChI=1S/C7H11FO4S/c8-6(7(9)10)3-5-1-2-13(11,12)4-5/h5-6H,1-4H2,(H,9,10). The van der Waals surface area contributed by atoms with Crippen molar-refractivity contribution in [3.8, 4) is 0 Å². The summed E-state index contributed by atoms with van der Waals surface area (Å²) in [5.74, 6) is -1.84. The summed E-state index contributed by atoms with van der Waals surface area (Å²) in [6.07, 6.45) is -1.73. The van der Waals surface area contributed by atoms with E-state index in [0.717, 1.165) is 0 Å². The molecule has 0 bridgehead atoms. The summed E-state index contributed by atoms with van der Waals surface area (Å²) < 4.78 is 34.5. The molecule has 2 atom stereocenters. The zero-order valence-corrected chi connectivity index (χ0v) is 7.76. The van der Waals surface area contributed by atoms with Crippen molar-refractivity contribution in [2.24, 2.45) is 5.92 Å². The molecule has 76 valence electrons. The van der Waals surface area contributed by atoms with Crippen LogP contribution in [0.15, 0.2) is 0 Å². The van der Waals surface area contributed by atoms with Gasteiger partial charge in [0, 0.05) is 0 Å². The van der Waals surface area contributed by atoms with Crippen LogP contribution in [0.3, 0.4) is 0 Å². The number of carboxylic acid groups (broad SMARTS) is 1. The third-order valence-corrected chi connectivity index (χ3v) is 3.97. The van der Waals surface area contributed by atoms with Gasteiger partial charge in [-0.25, -0.2) is 17.6 Å². The Balaban J connectivity index is 2.45. The monoisotopic (exact) mass is 210 g/mol. The summed E-state index contributed by atoms with van der Waals surface area (Å²) in [5, 5.41) is 8.25. The smallest absolute Gasteiger partial charge is 0.338 e. The van der Waals surface area contributed by atoms with Crippen LogP contribution >= 0.6 is 0 Å². The fourth-order valence-corrected chi connectivity index (χ4v) is 3.33. The van der Waals surface area contributed by atoms with Gasteiger partial charge >= 0.3 is 5.97 Å². The van der Waals surface area contributed by atoms with Gasteiger partial charge in [-0.1, -0.05) is 0 Å². The second-order valence-corrected chi connectivity index (χ2v) is 5.54. The third kappa shape index (κ3) is 2.95. The molecular formula is C7H11FO4S. The normalized spacial score (nSPS) is 28.5. The van der Waals surface area contributed by atoms with Gasteiger partial charge in [0.25, 0.3) is 0 Å². The molecule has 0 spiro atoms. The molecule has 1 aliphatic heterocycles. The van der Waals surface area contributed by atoms with Crippen molar-refractivity contribution < 1.29 is 22.7 Å². The Morgan fingerprint density at radius 2 is 2.23 bits per heavy atom. The van der Waals surface area contributed by atoms with E-state index in [1.165, 1.54) is 0 Å². The van der Waals surface area contributed by atoms with Gasteiger partial charge in [-0.2, -0.15) is 0 Å². The molecule has 0 aromatic rings. The minimum Gasteiger partial charge on any atom is -0.479 e. The Hall–Kier alpha value is -0.650. The van der Waals surface area contributed by atoms with E-state index in [2.05, 4.69) is 0 Å². The summed E-state index contributed by atoms with van der Waals surface area (Å²) in [6.45, 7) is 0. The lowest BCUT2D eigenvalue weighted by molar-refractivity contribution is -0.143. The fourth-order valence-electron chi connectivity index (χ4n) is 1.45. The van der Waals surface area contributed by atoms with Gasteiger partial charge in [-0.05, 0) is 18.8 Å². The van der Waals surface area contributed by atoms with Crippen LogP contribution in [0.1, 0.15) is 12.8 Å². The highest BCUT2D eigenvalue weighted by Crippen LogP contribution is 2.23. The Bertz CT molecular complexity index is 298. The Kier molecular flexibility index (Phi) is 2.90. The van der Waals surface area contributed by atoms with Crippen LogP contribution in [-0.2, 0) is 14.6 Å². The van der Waals surface area contributed by atoms with Crippen LogP contribution in [0, 0.1) is 5.92 Å². The molecule has 6 heteroatoms. The van der Waals surface area contributed by atoms with Crippen LogP contribution < -0.4 is 0 Å². The largest absolute Gasteiger partial charge is 0.479 e. The summed E-state index contributed by atoms with van der Waals surface area (Å²) in [5.41, 5.74) is 0. The molecule has 1 N–H and O–H groups in total. The van der Waals surface area contributed by atoms with Gasteiger partial charge in [0.15, 0.2) is 16.0 Å². The zero-order valence-electron chi connectivity index (χ0n) is 6.94. The second-order valence-electron chi connectivity index (χ2n) is 3.31. The van der Waals surface area contributed by atoms with E-state index < -0.39 is 22.0 Å². The summed E-state index contributed by atoms with van der Waals surface area (Å²) in [4.78, 5) is 10.1. The molecule has 1 fully saturated rings. The first-order valence-corrected chi connectivity index (χ1v) is 5.80. The van der Waals surface area contributed by atoms with Crippen LogP contribution in [0.5, 0.6) is 0 Å². The first kappa shape index (κ1) is 10.4. The van der Waals surface area contributed by atoms with Gasteiger partial charge in [0.05, 0.1) is 11.5 Å². The minimum atomic E-state index is -3.03. The maximum absolute atomic E-state index is 12.6. The number of alkyl halides is 1. The van der Waals surface area contributed by atoms with E-state index in [-0.39, 0.29) is 23.8 Å². The SMILES string of the molecule is O=C(O)C(F)CC1CCS(=O)(=O)C1. The summed E-state index contributed by atoms with van der Waals surface area (Å²) in [7, 11) is -3.03. The van der Waals surface area contributed by atoms with E-state index in [0.29, 0.717) is 6.42 Å². The van der Waals surface area contributed by atoms with Crippen molar-refractivity contribution in [1.29, 1.82) is 0 Å². The number of halogens is 1. The molecule has 1 rings (SSSR count). The lowest BCUT2D eigenvalue weighted by atomic mass is 10.0. The molecule has 2 unspecified atom stereocenters. The van der Waals surface area contributed by atoms with Crippen LogP contribution in [0.4, 0.5) is 4.39 Å². The van der Waals surface area contributed by atoms with Gasteiger partial charge in [0.1, 0.15) is 0 Å². The van der Waals surface area contributed by atoms with E-state index in [1.807, 2.05) is 0 Å². The van der Waals surface area contributed by atoms with Gasteiger partial charge in [0.2, 0.25) is 0 Å². The molecule has 1 saturated heterocycles. The Morgan fingerprint density at radius 1 is 1.62 bits per heavy atom. The van der Waals surface area contributed by atoms with E-state index in [4.69, 9.17) is 5.11 Å². The van der Waals surface area contributed by atoms with Crippen molar-refractivity contribution in [2.45, 2.75) is 19.0 Å². The molecule has 0 saturated carbocycles. The minimum absolute atomic E-state index is 0.0595. The van der Waals surface area contributed by atoms with Crippen LogP contribution in [-0.4, -0.2) is 37.2 Å². The topological polar surface area (TPSA) is 71.4 Å². The Labute approximate surface area is 75.7 Å². The molecule has 0 aromatic heterocycles.